The fraction of sp³-hybridized carbons (Fsp3) is 0.0500. The zero-order valence-electron chi connectivity index (χ0n) is 14.9. The van der Waals surface area contributed by atoms with Crippen LogP contribution in [-0.4, -0.2) is 29.8 Å². The smallest absolute Gasteiger partial charge is 0.272 e. The molecule has 0 aliphatic heterocycles. The first-order valence-corrected chi connectivity index (χ1v) is 8.35. The molecule has 3 rings (SSSR count). The lowest BCUT2D eigenvalue weighted by Gasteiger charge is -2.08. The molecule has 7 nitrogen and oxygen atoms in total. The van der Waals surface area contributed by atoms with Crippen molar-refractivity contribution < 1.29 is 18.8 Å². The van der Waals surface area contributed by atoms with Gasteiger partial charge in [-0.25, -0.2) is 4.39 Å². The Morgan fingerprint density at radius 1 is 0.857 bits per heavy atom. The fourth-order valence-electron chi connectivity index (χ4n) is 2.54. The highest BCUT2D eigenvalue weighted by molar-refractivity contribution is 6.11. The molecule has 28 heavy (non-hydrogen) atoms. The average molecular weight is 380 g/mol. The van der Waals surface area contributed by atoms with E-state index in [9.17, 15) is 18.8 Å². The second-order valence-electron chi connectivity index (χ2n) is 5.84. The monoisotopic (exact) mass is 380 g/mol. The standard InChI is InChI=1S/C20H17FN4O3/c1-22-19(27)16-9-10-23-17(16)20(28)25-15-7-5-14(6-8-15)24-18(26)12-3-2-4-13(21)11-12/h2-11,23H,1H3,(H,22,27)(H,24,26)(H,25,28). The van der Waals surface area contributed by atoms with Gasteiger partial charge in [-0.15, -0.1) is 0 Å². The van der Waals surface area contributed by atoms with Crippen molar-refractivity contribution in [2.75, 3.05) is 17.7 Å². The normalized spacial score (nSPS) is 10.2. The lowest BCUT2D eigenvalue weighted by atomic mass is 10.2. The van der Waals surface area contributed by atoms with Crippen LogP contribution in [0.4, 0.5) is 15.8 Å². The Kier molecular flexibility index (Phi) is 5.50. The van der Waals surface area contributed by atoms with Gasteiger partial charge in [-0.1, -0.05) is 6.07 Å². The van der Waals surface area contributed by atoms with Crippen molar-refractivity contribution >= 4 is 29.1 Å². The van der Waals surface area contributed by atoms with Crippen molar-refractivity contribution in [3.63, 3.8) is 0 Å². The summed E-state index contributed by atoms with van der Waals surface area (Å²) in [5, 5.41) is 7.79. The maximum absolute atomic E-state index is 13.2. The zero-order valence-corrected chi connectivity index (χ0v) is 14.9. The first-order valence-electron chi connectivity index (χ1n) is 8.35. The van der Waals surface area contributed by atoms with E-state index in [1.807, 2.05) is 0 Å². The molecule has 0 atom stereocenters. The number of H-pyrrole nitrogens is 1. The van der Waals surface area contributed by atoms with Gasteiger partial charge >= 0.3 is 0 Å². The van der Waals surface area contributed by atoms with Gasteiger partial charge in [0.25, 0.3) is 17.7 Å². The SMILES string of the molecule is CNC(=O)c1cc[nH]c1C(=O)Nc1ccc(NC(=O)c2cccc(F)c2)cc1. The van der Waals surface area contributed by atoms with Crippen LogP contribution < -0.4 is 16.0 Å². The Hall–Kier alpha value is -3.94. The molecule has 8 heteroatoms. The quantitative estimate of drug-likeness (QED) is 0.547. The second-order valence-corrected chi connectivity index (χ2v) is 5.84. The van der Waals surface area contributed by atoms with E-state index in [2.05, 4.69) is 20.9 Å². The first kappa shape index (κ1) is 18.8. The van der Waals surface area contributed by atoms with Crippen LogP contribution in [0.5, 0.6) is 0 Å². The van der Waals surface area contributed by atoms with Crippen molar-refractivity contribution in [2.45, 2.75) is 0 Å². The Morgan fingerprint density at radius 3 is 2.11 bits per heavy atom. The number of rotatable bonds is 5. The molecule has 0 saturated carbocycles. The number of hydrogen-bond donors (Lipinski definition) is 4. The summed E-state index contributed by atoms with van der Waals surface area (Å²) in [5.41, 5.74) is 1.54. The predicted octanol–water partition coefficient (Wildman–Crippen LogP) is 3.02. The number of amides is 3. The number of carbonyl (C=O) groups is 3. The van der Waals surface area contributed by atoms with Crippen molar-refractivity contribution in [2.24, 2.45) is 0 Å². The van der Waals surface area contributed by atoms with E-state index in [1.165, 1.54) is 37.5 Å². The first-order chi connectivity index (χ1) is 13.5. The Morgan fingerprint density at radius 2 is 1.50 bits per heavy atom. The Labute approximate surface area is 160 Å². The third-order valence-corrected chi connectivity index (χ3v) is 3.93. The number of aromatic nitrogens is 1. The van der Waals surface area contributed by atoms with Gasteiger partial charge in [0.15, 0.2) is 0 Å². The minimum absolute atomic E-state index is 0.142. The van der Waals surface area contributed by atoms with Gasteiger partial charge in [0.2, 0.25) is 0 Å². The third kappa shape index (κ3) is 4.24. The molecule has 0 saturated heterocycles. The number of anilines is 2. The van der Waals surface area contributed by atoms with Gasteiger partial charge in [-0.05, 0) is 48.5 Å². The molecule has 0 unspecified atom stereocenters. The van der Waals surface area contributed by atoms with Crippen LogP contribution in [0.3, 0.4) is 0 Å². The van der Waals surface area contributed by atoms with E-state index in [0.717, 1.165) is 6.07 Å². The molecule has 0 aliphatic rings. The van der Waals surface area contributed by atoms with E-state index in [0.29, 0.717) is 11.4 Å². The molecule has 4 N–H and O–H groups in total. The highest BCUT2D eigenvalue weighted by Gasteiger charge is 2.17. The van der Waals surface area contributed by atoms with Crippen LogP contribution in [0, 0.1) is 5.82 Å². The van der Waals surface area contributed by atoms with Crippen LogP contribution in [0.1, 0.15) is 31.2 Å². The number of benzene rings is 2. The van der Waals surface area contributed by atoms with Crippen LogP contribution >= 0.6 is 0 Å². The molecule has 0 bridgehead atoms. The van der Waals surface area contributed by atoms with Crippen molar-refractivity contribution in [3.8, 4) is 0 Å². The van der Waals surface area contributed by atoms with E-state index < -0.39 is 17.6 Å². The number of halogens is 1. The molecule has 0 aliphatic carbocycles. The zero-order chi connectivity index (χ0) is 20.1. The third-order valence-electron chi connectivity index (χ3n) is 3.93. The largest absolute Gasteiger partial charge is 0.357 e. The number of carbonyl (C=O) groups excluding carboxylic acids is 3. The lowest BCUT2D eigenvalue weighted by molar-refractivity contribution is 0.0947. The highest BCUT2D eigenvalue weighted by Crippen LogP contribution is 2.17. The van der Waals surface area contributed by atoms with Crippen molar-refractivity contribution in [1.82, 2.24) is 10.3 Å². The maximum Gasteiger partial charge on any atom is 0.272 e. The van der Waals surface area contributed by atoms with E-state index in [1.54, 1.807) is 24.3 Å². The van der Waals surface area contributed by atoms with Gasteiger partial charge in [-0.2, -0.15) is 0 Å². The summed E-state index contributed by atoms with van der Waals surface area (Å²) in [5.74, 6) is -1.79. The van der Waals surface area contributed by atoms with Gasteiger partial charge < -0.3 is 20.9 Å². The Bertz CT molecular complexity index is 1030. The average Bonchev–Trinajstić information content (AvgIpc) is 3.19. The van der Waals surface area contributed by atoms with E-state index in [4.69, 9.17) is 0 Å². The second kappa shape index (κ2) is 8.17. The van der Waals surface area contributed by atoms with Crippen LogP contribution in [0.15, 0.2) is 60.8 Å². The predicted molar refractivity (Wildman–Crippen MR) is 103 cm³/mol. The molecule has 0 fully saturated rings. The van der Waals surface area contributed by atoms with Crippen molar-refractivity contribution in [1.29, 1.82) is 0 Å². The summed E-state index contributed by atoms with van der Waals surface area (Å²) in [6.07, 6.45) is 1.50. The van der Waals surface area contributed by atoms with Gasteiger partial charge in [0.05, 0.1) is 5.56 Å². The summed E-state index contributed by atoms with van der Waals surface area (Å²) in [6, 6.07) is 13.3. The molecule has 1 aromatic heterocycles. The molecular weight excluding hydrogens is 363 g/mol. The summed E-state index contributed by atoms with van der Waals surface area (Å²) >= 11 is 0. The summed E-state index contributed by atoms with van der Waals surface area (Å²) in [6.45, 7) is 0. The number of nitrogens with one attached hydrogen (secondary N) is 4. The number of hydrogen-bond acceptors (Lipinski definition) is 3. The molecule has 0 spiro atoms. The molecule has 2 aromatic carbocycles. The van der Waals surface area contributed by atoms with E-state index >= 15 is 0 Å². The summed E-state index contributed by atoms with van der Waals surface area (Å²) in [4.78, 5) is 39.0. The molecule has 0 radical (unpaired) electrons. The van der Waals surface area contributed by atoms with Crippen LogP contribution in [0.25, 0.3) is 0 Å². The minimum Gasteiger partial charge on any atom is -0.357 e. The highest BCUT2D eigenvalue weighted by atomic mass is 19.1. The van der Waals surface area contributed by atoms with Gasteiger partial charge in [0.1, 0.15) is 11.5 Å². The molecule has 142 valence electrons. The van der Waals surface area contributed by atoms with Crippen molar-refractivity contribution in [3.05, 3.63) is 83.4 Å². The topological polar surface area (TPSA) is 103 Å². The van der Waals surface area contributed by atoms with E-state index in [-0.39, 0.29) is 22.7 Å². The summed E-state index contributed by atoms with van der Waals surface area (Å²) < 4.78 is 13.2. The van der Waals surface area contributed by atoms with Crippen LogP contribution in [0.2, 0.25) is 0 Å². The molecular formula is C20H17FN4O3. The maximum atomic E-state index is 13.2. The number of aromatic amines is 1. The lowest BCUT2D eigenvalue weighted by Crippen LogP contribution is -2.22. The molecule has 3 aromatic rings. The molecule has 3 amide bonds. The fourth-order valence-corrected chi connectivity index (χ4v) is 2.54. The van der Waals surface area contributed by atoms with Gasteiger partial charge in [-0.3, -0.25) is 14.4 Å². The molecule has 1 heterocycles. The van der Waals surface area contributed by atoms with Gasteiger partial charge in [0, 0.05) is 30.2 Å². The minimum atomic E-state index is -0.494. The Balaban J connectivity index is 1.66. The summed E-state index contributed by atoms with van der Waals surface area (Å²) in [7, 11) is 1.48. The van der Waals surface area contributed by atoms with Crippen LogP contribution in [-0.2, 0) is 0 Å².